The second-order valence-electron chi connectivity index (χ2n) is 5.15. The number of phenolic OH excluding ortho intramolecular Hbond substituents is 1. The second-order valence-corrected chi connectivity index (χ2v) is 6.09. The van der Waals surface area contributed by atoms with E-state index in [1.54, 1.807) is 0 Å². The number of aromatic hydroxyl groups is 1. The molecule has 2 rings (SSSR count). The summed E-state index contributed by atoms with van der Waals surface area (Å²) in [4.78, 5) is 14.8. The van der Waals surface area contributed by atoms with Crippen molar-refractivity contribution >= 4 is 34.7 Å². The Kier molecular flexibility index (Phi) is 5.39. The number of rotatable bonds is 4. The van der Waals surface area contributed by atoms with Crippen molar-refractivity contribution in [1.82, 2.24) is 10.2 Å². The van der Waals surface area contributed by atoms with Crippen LogP contribution in [0.3, 0.4) is 0 Å². The molecular weight excluding hydrogens is 310 g/mol. The van der Waals surface area contributed by atoms with Crippen molar-refractivity contribution in [2.75, 3.05) is 19.6 Å². The molecule has 0 saturated carbocycles. The average molecular weight is 328 g/mol. The molecule has 1 aromatic carbocycles. The van der Waals surface area contributed by atoms with Crippen LogP contribution in [0.1, 0.15) is 23.2 Å². The van der Waals surface area contributed by atoms with E-state index in [-0.39, 0.29) is 17.7 Å². The summed E-state index contributed by atoms with van der Waals surface area (Å²) >= 11 is 10.9. The van der Waals surface area contributed by atoms with Crippen LogP contribution in [0.15, 0.2) is 18.2 Å². The molecular formula is C14H18ClN3O2S. The number of piperidine rings is 1. The number of nitrogens with two attached hydrogens (primary N) is 1. The second kappa shape index (κ2) is 7.06. The summed E-state index contributed by atoms with van der Waals surface area (Å²) in [5.41, 5.74) is 5.82. The minimum absolute atomic E-state index is 0.0239. The zero-order chi connectivity index (χ0) is 15.4. The fraction of sp³-hybridized carbons (Fsp3) is 0.429. The molecule has 4 N–H and O–H groups in total. The summed E-state index contributed by atoms with van der Waals surface area (Å²) in [5, 5.41) is 12.7. The lowest BCUT2D eigenvalue weighted by atomic mass is 10.0. The van der Waals surface area contributed by atoms with E-state index in [9.17, 15) is 9.90 Å². The van der Waals surface area contributed by atoms with Crippen molar-refractivity contribution in [2.45, 2.75) is 18.9 Å². The van der Waals surface area contributed by atoms with Crippen LogP contribution in [0.25, 0.3) is 0 Å². The lowest BCUT2D eigenvalue weighted by molar-refractivity contribution is 0.0914. The highest BCUT2D eigenvalue weighted by Gasteiger charge is 2.22. The van der Waals surface area contributed by atoms with Crippen molar-refractivity contribution in [3.05, 3.63) is 28.8 Å². The van der Waals surface area contributed by atoms with Crippen LogP contribution in [0.5, 0.6) is 5.75 Å². The Morgan fingerprint density at radius 2 is 2.14 bits per heavy atom. The van der Waals surface area contributed by atoms with E-state index in [2.05, 4.69) is 10.2 Å². The molecule has 1 heterocycles. The average Bonchev–Trinajstić information content (AvgIpc) is 2.43. The quantitative estimate of drug-likeness (QED) is 0.731. The molecule has 1 fully saturated rings. The summed E-state index contributed by atoms with van der Waals surface area (Å²) < 4.78 is 0. The lowest BCUT2D eigenvalue weighted by Crippen LogP contribution is -2.46. The molecule has 0 radical (unpaired) electrons. The normalized spacial score (nSPS) is 16.6. The van der Waals surface area contributed by atoms with E-state index < -0.39 is 0 Å². The standard InChI is InChI=1S/C14H18ClN3O2S/c15-12-2-1-10(19)7-11(12)14(20)17-9-3-5-18(6-4-9)8-13(16)21/h1-2,7,9,19H,3-6,8H2,(H2,16,21)(H,17,20). The van der Waals surface area contributed by atoms with Gasteiger partial charge in [0.05, 0.1) is 15.6 Å². The van der Waals surface area contributed by atoms with E-state index >= 15 is 0 Å². The van der Waals surface area contributed by atoms with Gasteiger partial charge in [0.2, 0.25) is 0 Å². The third kappa shape index (κ3) is 4.56. The third-order valence-corrected chi connectivity index (χ3v) is 3.96. The van der Waals surface area contributed by atoms with Gasteiger partial charge in [-0.15, -0.1) is 0 Å². The zero-order valence-electron chi connectivity index (χ0n) is 11.5. The van der Waals surface area contributed by atoms with Crippen molar-refractivity contribution in [3.63, 3.8) is 0 Å². The predicted octanol–water partition coefficient (Wildman–Crippen LogP) is 1.53. The number of carbonyl (C=O) groups is 1. The van der Waals surface area contributed by atoms with E-state index in [0.29, 0.717) is 22.1 Å². The highest BCUT2D eigenvalue weighted by molar-refractivity contribution is 7.80. The van der Waals surface area contributed by atoms with E-state index in [0.717, 1.165) is 25.9 Å². The molecule has 0 atom stereocenters. The van der Waals surface area contributed by atoms with E-state index in [4.69, 9.17) is 29.6 Å². The number of nitrogens with zero attached hydrogens (tertiary/aromatic N) is 1. The van der Waals surface area contributed by atoms with Gasteiger partial charge in [-0.2, -0.15) is 0 Å². The number of hydrogen-bond donors (Lipinski definition) is 3. The molecule has 0 spiro atoms. The van der Waals surface area contributed by atoms with Crippen LogP contribution in [-0.4, -0.2) is 46.6 Å². The maximum atomic E-state index is 12.2. The minimum Gasteiger partial charge on any atom is -0.508 e. The van der Waals surface area contributed by atoms with Crippen molar-refractivity contribution in [2.24, 2.45) is 5.73 Å². The highest BCUT2D eigenvalue weighted by Crippen LogP contribution is 2.21. The number of nitrogens with one attached hydrogen (secondary N) is 1. The maximum Gasteiger partial charge on any atom is 0.253 e. The van der Waals surface area contributed by atoms with Gasteiger partial charge in [-0.25, -0.2) is 0 Å². The van der Waals surface area contributed by atoms with E-state index in [1.165, 1.54) is 18.2 Å². The van der Waals surface area contributed by atoms with Crippen LogP contribution >= 0.6 is 23.8 Å². The van der Waals surface area contributed by atoms with Gasteiger partial charge in [-0.3, -0.25) is 9.69 Å². The number of amides is 1. The summed E-state index contributed by atoms with van der Waals surface area (Å²) in [5.74, 6) is -0.237. The largest absolute Gasteiger partial charge is 0.508 e. The fourth-order valence-electron chi connectivity index (χ4n) is 2.41. The van der Waals surface area contributed by atoms with Crippen LogP contribution in [0.2, 0.25) is 5.02 Å². The maximum absolute atomic E-state index is 12.2. The smallest absolute Gasteiger partial charge is 0.253 e. The van der Waals surface area contributed by atoms with E-state index in [1.807, 2.05) is 0 Å². The Morgan fingerprint density at radius 1 is 1.48 bits per heavy atom. The Labute approximate surface area is 134 Å². The Balaban J connectivity index is 1.90. The highest BCUT2D eigenvalue weighted by atomic mass is 35.5. The van der Waals surface area contributed by atoms with Crippen LogP contribution in [0, 0.1) is 0 Å². The monoisotopic (exact) mass is 327 g/mol. The van der Waals surface area contributed by atoms with Crippen LogP contribution in [-0.2, 0) is 0 Å². The van der Waals surface area contributed by atoms with Gasteiger partial charge in [0.15, 0.2) is 0 Å². The molecule has 5 nitrogen and oxygen atoms in total. The molecule has 1 aromatic rings. The van der Waals surface area contributed by atoms with Gasteiger partial charge in [-0.05, 0) is 31.0 Å². The number of halogens is 1. The van der Waals surface area contributed by atoms with Crippen LogP contribution in [0.4, 0.5) is 0 Å². The molecule has 114 valence electrons. The first-order chi connectivity index (χ1) is 9.95. The molecule has 1 aliphatic heterocycles. The summed E-state index contributed by atoms with van der Waals surface area (Å²) in [6.45, 7) is 2.31. The molecule has 0 aliphatic carbocycles. The summed E-state index contributed by atoms with van der Waals surface area (Å²) in [6.07, 6.45) is 1.68. The number of phenols is 1. The van der Waals surface area contributed by atoms with Gasteiger partial charge in [-0.1, -0.05) is 23.8 Å². The Hall–Kier alpha value is -1.37. The fourth-order valence-corrected chi connectivity index (χ4v) is 2.79. The molecule has 0 unspecified atom stereocenters. The molecule has 0 bridgehead atoms. The zero-order valence-corrected chi connectivity index (χ0v) is 13.1. The van der Waals surface area contributed by atoms with Gasteiger partial charge in [0, 0.05) is 25.7 Å². The SMILES string of the molecule is NC(=S)CN1CCC(NC(=O)c2cc(O)ccc2Cl)CC1. The van der Waals surface area contributed by atoms with Gasteiger partial charge in [0.1, 0.15) is 5.75 Å². The lowest BCUT2D eigenvalue weighted by Gasteiger charge is -2.32. The topological polar surface area (TPSA) is 78.6 Å². The molecule has 1 amide bonds. The third-order valence-electron chi connectivity index (χ3n) is 3.50. The summed E-state index contributed by atoms with van der Waals surface area (Å²) in [7, 11) is 0. The van der Waals surface area contributed by atoms with Gasteiger partial charge >= 0.3 is 0 Å². The first-order valence-electron chi connectivity index (χ1n) is 6.75. The summed E-state index contributed by atoms with van der Waals surface area (Å²) in [6, 6.07) is 4.43. The number of likely N-dealkylation sites (tertiary alicyclic amines) is 1. The first kappa shape index (κ1) is 16.0. The van der Waals surface area contributed by atoms with Crippen molar-refractivity contribution < 1.29 is 9.90 Å². The Morgan fingerprint density at radius 3 is 2.76 bits per heavy atom. The van der Waals surface area contributed by atoms with Gasteiger partial charge in [0.25, 0.3) is 5.91 Å². The number of carbonyl (C=O) groups excluding carboxylic acids is 1. The molecule has 21 heavy (non-hydrogen) atoms. The van der Waals surface area contributed by atoms with Gasteiger partial charge < -0.3 is 16.2 Å². The Bertz CT molecular complexity index is 545. The van der Waals surface area contributed by atoms with Crippen molar-refractivity contribution in [1.29, 1.82) is 0 Å². The number of hydrogen-bond acceptors (Lipinski definition) is 4. The molecule has 1 aliphatic rings. The number of benzene rings is 1. The molecule has 1 saturated heterocycles. The first-order valence-corrected chi connectivity index (χ1v) is 7.54. The molecule has 7 heteroatoms. The van der Waals surface area contributed by atoms with Crippen molar-refractivity contribution in [3.8, 4) is 5.75 Å². The minimum atomic E-state index is -0.260. The van der Waals surface area contributed by atoms with Crippen LogP contribution < -0.4 is 11.1 Å². The number of thiocarbonyl (C=S) groups is 1. The predicted molar refractivity (Wildman–Crippen MR) is 86.8 cm³/mol. The molecule has 0 aromatic heterocycles.